The van der Waals surface area contributed by atoms with E-state index in [-0.39, 0.29) is 0 Å². The van der Waals surface area contributed by atoms with Gasteiger partial charge >= 0.3 is 0 Å². The number of benzene rings is 1. The molecule has 0 spiro atoms. The van der Waals surface area contributed by atoms with Crippen LogP contribution in [0.15, 0.2) is 51.2 Å². The Morgan fingerprint density at radius 2 is 1.89 bits per heavy atom. The third-order valence-corrected chi connectivity index (χ3v) is 7.09. The summed E-state index contributed by atoms with van der Waals surface area (Å²) in [6.45, 7) is 17.8. The van der Waals surface area contributed by atoms with Crippen LogP contribution in [0.5, 0.6) is 0 Å². The molecule has 190 valence electrons. The molecule has 2 aromatic rings. The normalized spacial score (nSPS) is 15.3. The monoisotopic (exact) mass is 494 g/mol. The lowest BCUT2D eigenvalue weighted by Gasteiger charge is -2.22. The van der Waals surface area contributed by atoms with E-state index in [2.05, 4.69) is 63.1 Å². The maximum atomic E-state index is 10.8. The second-order valence-electron chi connectivity index (χ2n) is 10.4. The molecule has 2 rings (SSSR count). The number of amides is 1. The molecule has 1 aromatic carbocycles. The van der Waals surface area contributed by atoms with Crippen LogP contribution in [-0.4, -0.2) is 29.4 Å². The number of fused-ring (bicyclic) bond motifs is 1. The lowest BCUT2D eigenvalue weighted by Crippen LogP contribution is -2.21. The average molecular weight is 495 g/mol. The summed E-state index contributed by atoms with van der Waals surface area (Å²) in [5, 5.41) is 2.83. The fraction of sp³-hybridized carbons (Fsp3) is 0.517. The number of nitrogens with one attached hydrogen (secondary N) is 1. The molecule has 0 aliphatic carbocycles. The van der Waals surface area contributed by atoms with Crippen molar-refractivity contribution in [3.63, 3.8) is 0 Å². The van der Waals surface area contributed by atoms with Crippen molar-refractivity contribution < 1.29 is 4.79 Å². The molecule has 1 heterocycles. The average Bonchev–Trinajstić information content (AvgIpc) is 3.28. The Morgan fingerprint density at radius 1 is 1.14 bits per heavy atom. The van der Waals surface area contributed by atoms with Crippen LogP contribution in [0.4, 0.5) is 0 Å². The number of thiazole rings is 1. The van der Waals surface area contributed by atoms with Crippen LogP contribution < -0.4 is 5.32 Å². The van der Waals surface area contributed by atoms with Crippen LogP contribution in [0, 0.1) is 11.3 Å². The standard InChI is InChI=1S/C29H42N4OS/c1-9-20(2)32-23(5)28(21(3)25-12-13-26-27(17-25)35-19-31-26)33-22(4)24(14-16-30-18-34)11-10-15-29(6,7)8/h9,12-13,17-19,24H,10-11,14-16H2,1-8H3,(H,30,34)/b20-9-,28-21+,32-23-,33-22?. The summed E-state index contributed by atoms with van der Waals surface area (Å²) in [6.07, 6.45) is 7.01. The predicted octanol–water partition coefficient (Wildman–Crippen LogP) is 7.84. The molecule has 6 heteroatoms. The summed E-state index contributed by atoms with van der Waals surface area (Å²) in [5.41, 5.74) is 9.32. The maximum Gasteiger partial charge on any atom is 0.207 e. The first kappa shape index (κ1) is 28.6. The fourth-order valence-electron chi connectivity index (χ4n) is 4.07. The summed E-state index contributed by atoms with van der Waals surface area (Å²) < 4.78 is 1.17. The first-order valence-electron chi connectivity index (χ1n) is 12.5. The van der Waals surface area contributed by atoms with E-state index < -0.39 is 0 Å². The third kappa shape index (κ3) is 9.17. The van der Waals surface area contributed by atoms with Gasteiger partial charge in [-0.3, -0.25) is 14.8 Å². The Hall–Kier alpha value is -2.60. The highest BCUT2D eigenvalue weighted by molar-refractivity contribution is 7.16. The Balaban J connectivity index is 2.50. The van der Waals surface area contributed by atoms with Gasteiger partial charge in [0.15, 0.2) is 0 Å². The molecule has 1 unspecified atom stereocenters. The molecular weight excluding hydrogens is 452 g/mol. The highest BCUT2D eigenvalue weighted by atomic mass is 32.1. The second-order valence-corrected chi connectivity index (χ2v) is 11.3. The molecule has 0 fully saturated rings. The largest absolute Gasteiger partial charge is 0.359 e. The molecular formula is C29H42N4OS. The first-order valence-corrected chi connectivity index (χ1v) is 13.4. The smallest absolute Gasteiger partial charge is 0.207 e. The van der Waals surface area contributed by atoms with Crippen LogP contribution in [0.3, 0.4) is 0 Å². The first-order chi connectivity index (χ1) is 16.6. The van der Waals surface area contributed by atoms with Crippen molar-refractivity contribution in [1.82, 2.24) is 10.3 Å². The van der Waals surface area contributed by atoms with Gasteiger partial charge < -0.3 is 5.32 Å². The highest BCUT2D eigenvalue weighted by Crippen LogP contribution is 2.28. The van der Waals surface area contributed by atoms with E-state index in [4.69, 9.17) is 9.98 Å². The van der Waals surface area contributed by atoms with Gasteiger partial charge in [-0.25, -0.2) is 4.98 Å². The zero-order valence-corrected chi connectivity index (χ0v) is 23.6. The molecule has 0 radical (unpaired) electrons. The van der Waals surface area contributed by atoms with Crippen molar-refractivity contribution in [3.8, 4) is 0 Å². The van der Waals surface area contributed by atoms with E-state index in [1.165, 1.54) is 4.70 Å². The molecule has 0 bridgehead atoms. The zero-order valence-electron chi connectivity index (χ0n) is 22.7. The molecule has 5 nitrogen and oxygen atoms in total. The van der Waals surface area contributed by atoms with Gasteiger partial charge in [-0.2, -0.15) is 0 Å². The molecule has 35 heavy (non-hydrogen) atoms. The highest BCUT2D eigenvalue weighted by Gasteiger charge is 2.18. The van der Waals surface area contributed by atoms with Crippen molar-refractivity contribution in [1.29, 1.82) is 0 Å². The predicted molar refractivity (Wildman–Crippen MR) is 153 cm³/mol. The number of aromatic nitrogens is 1. The van der Waals surface area contributed by atoms with Crippen molar-refractivity contribution in [2.75, 3.05) is 6.54 Å². The van der Waals surface area contributed by atoms with Crippen LogP contribution in [0.25, 0.3) is 15.8 Å². The summed E-state index contributed by atoms with van der Waals surface area (Å²) in [7, 11) is 0. The Bertz CT molecular complexity index is 1120. The molecule has 1 amide bonds. The van der Waals surface area contributed by atoms with Gasteiger partial charge in [0.05, 0.1) is 27.1 Å². The van der Waals surface area contributed by atoms with Gasteiger partial charge in [0, 0.05) is 18.0 Å². The van der Waals surface area contributed by atoms with Crippen LogP contribution in [0.1, 0.15) is 86.6 Å². The van der Waals surface area contributed by atoms with Crippen molar-refractivity contribution in [2.45, 2.75) is 81.1 Å². The van der Waals surface area contributed by atoms with E-state index in [0.717, 1.165) is 71.6 Å². The minimum absolute atomic E-state index is 0.298. The Morgan fingerprint density at radius 3 is 2.54 bits per heavy atom. The zero-order chi connectivity index (χ0) is 26.0. The van der Waals surface area contributed by atoms with Gasteiger partial charge in [-0.05, 0) is 88.5 Å². The summed E-state index contributed by atoms with van der Waals surface area (Å²) in [6, 6.07) is 6.38. The molecule has 1 N–H and O–H groups in total. The Labute approximate surface area is 215 Å². The van der Waals surface area contributed by atoms with E-state index in [1.54, 1.807) is 11.3 Å². The molecule has 0 saturated carbocycles. The number of hydrogen-bond acceptors (Lipinski definition) is 5. The molecule has 0 aliphatic rings. The second kappa shape index (κ2) is 13.5. The van der Waals surface area contributed by atoms with Crippen molar-refractivity contribution >= 4 is 45.0 Å². The maximum absolute atomic E-state index is 10.8. The van der Waals surface area contributed by atoms with E-state index in [0.29, 0.717) is 17.9 Å². The lowest BCUT2D eigenvalue weighted by molar-refractivity contribution is -0.109. The SMILES string of the molecule is C\C=C(C)/N=C(C)\C(N=C(C)C(CCCC(C)(C)C)CCNC=O)=C(\C)c1ccc2ncsc2c1. The van der Waals surface area contributed by atoms with Gasteiger partial charge in [0.25, 0.3) is 0 Å². The fourth-order valence-corrected chi connectivity index (χ4v) is 4.78. The van der Waals surface area contributed by atoms with Gasteiger partial charge in [0.2, 0.25) is 6.41 Å². The van der Waals surface area contributed by atoms with E-state index in [1.807, 2.05) is 32.4 Å². The van der Waals surface area contributed by atoms with Gasteiger partial charge in [-0.1, -0.05) is 39.3 Å². The van der Waals surface area contributed by atoms with Crippen molar-refractivity contribution in [3.05, 3.63) is 46.7 Å². The van der Waals surface area contributed by atoms with E-state index in [9.17, 15) is 4.79 Å². The Kier molecular flexibility index (Phi) is 11.0. The number of hydrogen-bond donors (Lipinski definition) is 1. The molecule has 0 saturated heterocycles. The summed E-state index contributed by atoms with van der Waals surface area (Å²) in [5.74, 6) is 0.298. The minimum Gasteiger partial charge on any atom is -0.359 e. The van der Waals surface area contributed by atoms with Crippen LogP contribution in [0.2, 0.25) is 0 Å². The molecule has 0 aliphatic heterocycles. The minimum atomic E-state index is 0.298. The summed E-state index contributed by atoms with van der Waals surface area (Å²) >= 11 is 1.65. The van der Waals surface area contributed by atoms with E-state index >= 15 is 0 Å². The number of rotatable bonds is 12. The number of allylic oxidation sites excluding steroid dienone is 4. The summed E-state index contributed by atoms with van der Waals surface area (Å²) in [4.78, 5) is 25.3. The topological polar surface area (TPSA) is 66.7 Å². The lowest BCUT2D eigenvalue weighted by atomic mass is 9.86. The number of carbonyl (C=O) groups excluding carboxylic acids is 1. The number of nitrogens with zero attached hydrogens (tertiary/aromatic N) is 3. The van der Waals surface area contributed by atoms with Gasteiger partial charge in [-0.15, -0.1) is 11.3 Å². The number of aliphatic imine (C=N–C) groups is 2. The van der Waals surface area contributed by atoms with Crippen LogP contribution >= 0.6 is 11.3 Å². The quantitative estimate of drug-likeness (QED) is 0.185. The van der Waals surface area contributed by atoms with Crippen LogP contribution in [-0.2, 0) is 4.79 Å². The third-order valence-electron chi connectivity index (χ3n) is 6.30. The van der Waals surface area contributed by atoms with Crippen molar-refractivity contribution in [2.24, 2.45) is 21.3 Å². The molecule has 1 atom stereocenters. The molecule has 1 aromatic heterocycles. The number of carbonyl (C=O) groups is 1. The van der Waals surface area contributed by atoms with Gasteiger partial charge in [0.1, 0.15) is 0 Å².